The van der Waals surface area contributed by atoms with E-state index in [2.05, 4.69) is 47.2 Å². The van der Waals surface area contributed by atoms with Gasteiger partial charge in [0.1, 0.15) is 0 Å². The molecule has 5 rings (SSSR count). The third kappa shape index (κ3) is 3.71. The van der Waals surface area contributed by atoms with E-state index >= 15 is 0 Å². The van der Waals surface area contributed by atoms with Gasteiger partial charge >= 0.3 is 0 Å². The normalized spacial score (nSPS) is 17.0. The topological polar surface area (TPSA) is 69.1 Å². The van der Waals surface area contributed by atoms with E-state index in [1.54, 1.807) is 23.1 Å². The van der Waals surface area contributed by atoms with Gasteiger partial charge in [-0.15, -0.1) is 31.7 Å². The van der Waals surface area contributed by atoms with Crippen LogP contribution in [0.2, 0.25) is 0 Å². The number of aryl methyl sites for hydroxylation is 1. The van der Waals surface area contributed by atoms with Crippen LogP contribution in [0.3, 0.4) is 0 Å². The zero-order chi connectivity index (χ0) is 20.0. The Morgan fingerprint density at radius 2 is 2.10 bits per heavy atom. The van der Waals surface area contributed by atoms with Gasteiger partial charge in [-0.05, 0) is 54.4 Å². The minimum absolute atomic E-state index is 0.348. The van der Waals surface area contributed by atoms with Gasteiger partial charge in [0, 0.05) is 11.1 Å². The fraction of sp³-hybridized carbons (Fsp3) is 0.429. The summed E-state index contributed by atoms with van der Waals surface area (Å²) in [5.41, 5.74) is 2.64. The lowest BCUT2D eigenvalue weighted by Gasteiger charge is -2.33. The van der Waals surface area contributed by atoms with Crippen LogP contribution < -0.4 is 0 Å². The van der Waals surface area contributed by atoms with E-state index in [9.17, 15) is 0 Å². The lowest BCUT2D eigenvalue weighted by molar-refractivity contribution is 0.217. The van der Waals surface area contributed by atoms with Crippen LogP contribution in [0.5, 0.6) is 0 Å². The van der Waals surface area contributed by atoms with Crippen LogP contribution >= 0.6 is 23.1 Å². The molecule has 0 bridgehead atoms. The maximum Gasteiger partial charge on any atom is 0.257 e. The van der Waals surface area contributed by atoms with E-state index in [-0.39, 0.29) is 0 Å². The highest BCUT2D eigenvalue weighted by Crippen LogP contribution is 2.42. The third-order valence-corrected chi connectivity index (χ3v) is 7.75. The Balaban J connectivity index is 1.30. The highest BCUT2D eigenvalue weighted by molar-refractivity contribution is 7.98. The van der Waals surface area contributed by atoms with Crippen molar-refractivity contribution >= 4 is 28.7 Å². The Hall–Kier alpha value is -2.19. The standard InChI is InChI=1S/C21H23N5OS2/c1-21(2,3)14-7-8-15-13(10-14)11-16(29-15)19-24-23-18(27-19)12-28-20-25-22-17-6-4-5-9-26(17)20/h4-6,9,11,14H,7-8,10,12H2,1-3H3/t14-/m1/s1. The zero-order valence-corrected chi connectivity index (χ0v) is 18.4. The van der Waals surface area contributed by atoms with Gasteiger partial charge in [-0.25, -0.2) is 0 Å². The van der Waals surface area contributed by atoms with Gasteiger partial charge in [0.2, 0.25) is 5.89 Å². The number of hydrogen-bond donors (Lipinski definition) is 0. The molecule has 150 valence electrons. The smallest absolute Gasteiger partial charge is 0.257 e. The average molecular weight is 426 g/mol. The first-order valence-electron chi connectivity index (χ1n) is 9.84. The Bertz CT molecular complexity index is 1150. The summed E-state index contributed by atoms with van der Waals surface area (Å²) in [6, 6.07) is 8.11. The number of nitrogens with zero attached hydrogens (tertiary/aromatic N) is 5. The summed E-state index contributed by atoms with van der Waals surface area (Å²) in [6.45, 7) is 7.03. The quantitative estimate of drug-likeness (QED) is 0.414. The summed E-state index contributed by atoms with van der Waals surface area (Å²) in [5, 5.41) is 17.8. The van der Waals surface area contributed by atoms with Gasteiger partial charge in [-0.1, -0.05) is 38.6 Å². The van der Waals surface area contributed by atoms with Gasteiger partial charge in [0.25, 0.3) is 5.89 Å². The summed E-state index contributed by atoms with van der Waals surface area (Å²) >= 11 is 3.35. The van der Waals surface area contributed by atoms with E-state index in [1.807, 2.05) is 28.8 Å². The molecular weight excluding hydrogens is 402 g/mol. The second-order valence-corrected chi connectivity index (χ2v) is 10.6. The van der Waals surface area contributed by atoms with Crippen molar-refractivity contribution in [3.63, 3.8) is 0 Å². The number of fused-ring (bicyclic) bond motifs is 2. The molecule has 0 saturated heterocycles. The third-order valence-electron chi connectivity index (χ3n) is 5.59. The molecular formula is C21H23N5OS2. The Kier molecular flexibility index (Phi) is 4.70. The van der Waals surface area contributed by atoms with Crippen molar-refractivity contribution in [3.05, 3.63) is 46.8 Å². The molecule has 0 unspecified atom stereocenters. The highest BCUT2D eigenvalue weighted by Gasteiger charge is 2.30. The van der Waals surface area contributed by atoms with E-state index in [1.165, 1.54) is 16.9 Å². The number of aromatic nitrogens is 5. The zero-order valence-electron chi connectivity index (χ0n) is 16.8. The number of thiophene rings is 1. The van der Waals surface area contributed by atoms with E-state index in [4.69, 9.17) is 4.42 Å². The molecule has 0 N–H and O–H groups in total. The van der Waals surface area contributed by atoms with Crippen molar-refractivity contribution in [2.24, 2.45) is 11.3 Å². The van der Waals surface area contributed by atoms with Crippen molar-refractivity contribution in [1.82, 2.24) is 24.8 Å². The Morgan fingerprint density at radius 1 is 1.21 bits per heavy atom. The predicted octanol–water partition coefficient (Wildman–Crippen LogP) is 5.28. The van der Waals surface area contributed by atoms with Crippen LogP contribution in [0.25, 0.3) is 16.4 Å². The fourth-order valence-corrected chi connectivity index (χ4v) is 5.71. The first-order chi connectivity index (χ1) is 14.0. The van der Waals surface area contributed by atoms with Crippen LogP contribution in [-0.4, -0.2) is 24.8 Å². The first kappa shape index (κ1) is 18.8. The first-order valence-corrected chi connectivity index (χ1v) is 11.6. The molecule has 4 aromatic rings. The van der Waals surface area contributed by atoms with Crippen molar-refractivity contribution in [3.8, 4) is 10.8 Å². The molecule has 0 amide bonds. The molecule has 0 fully saturated rings. The van der Waals surface area contributed by atoms with Gasteiger partial charge in [-0.2, -0.15) is 0 Å². The second kappa shape index (κ2) is 7.25. The summed E-state index contributed by atoms with van der Waals surface area (Å²) in [5.74, 6) is 2.53. The monoisotopic (exact) mass is 425 g/mol. The molecule has 4 aromatic heterocycles. The lowest BCUT2D eigenvalue weighted by atomic mass is 9.72. The van der Waals surface area contributed by atoms with Crippen LogP contribution in [0.1, 0.15) is 43.5 Å². The SMILES string of the molecule is CC(C)(C)[C@@H]1CCc2sc(-c3nnc(CSc4nnc5ccccn45)o3)cc2C1. The number of thioether (sulfide) groups is 1. The van der Waals surface area contributed by atoms with Crippen LogP contribution in [0, 0.1) is 11.3 Å². The summed E-state index contributed by atoms with van der Waals surface area (Å²) < 4.78 is 7.92. The molecule has 0 aromatic carbocycles. The molecule has 0 aliphatic heterocycles. The highest BCUT2D eigenvalue weighted by atomic mass is 32.2. The Labute approximate surface area is 177 Å². The average Bonchev–Trinajstić information content (AvgIpc) is 3.42. The largest absolute Gasteiger partial charge is 0.419 e. The molecule has 0 spiro atoms. The van der Waals surface area contributed by atoms with Gasteiger partial charge in [0.05, 0.1) is 10.6 Å². The van der Waals surface area contributed by atoms with Gasteiger partial charge < -0.3 is 4.42 Å². The molecule has 0 radical (unpaired) electrons. The molecule has 1 aliphatic rings. The van der Waals surface area contributed by atoms with E-state index in [0.29, 0.717) is 22.9 Å². The molecule has 1 atom stereocenters. The fourth-order valence-electron chi connectivity index (χ4n) is 3.82. The number of hydrogen-bond acceptors (Lipinski definition) is 7. The molecule has 4 heterocycles. The molecule has 6 nitrogen and oxygen atoms in total. The van der Waals surface area contributed by atoms with Crippen molar-refractivity contribution in [2.45, 2.75) is 50.9 Å². The minimum atomic E-state index is 0.348. The summed E-state index contributed by atoms with van der Waals surface area (Å²) in [6.07, 6.45) is 5.51. The maximum absolute atomic E-state index is 5.96. The second-order valence-electron chi connectivity index (χ2n) is 8.57. The maximum atomic E-state index is 5.96. The summed E-state index contributed by atoms with van der Waals surface area (Å²) in [7, 11) is 0. The Morgan fingerprint density at radius 3 is 2.97 bits per heavy atom. The van der Waals surface area contributed by atoms with Crippen LogP contribution in [0.15, 0.2) is 40.0 Å². The predicted molar refractivity (Wildman–Crippen MR) is 115 cm³/mol. The molecule has 0 saturated carbocycles. The van der Waals surface area contributed by atoms with Crippen LogP contribution in [-0.2, 0) is 18.6 Å². The number of pyridine rings is 1. The number of rotatable bonds is 4. The van der Waals surface area contributed by atoms with E-state index < -0.39 is 0 Å². The van der Waals surface area contributed by atoms with Crippen molar-refractivity contribution < 1.29 is 4.42 Å². The molecule has 1 aliphatic carbocycles. The van der Waals surface area contributed by atoms with Crippen molar-refractivity contribution in [2.75, 3.05) is 0 Å². The molecule has 29 heavy (non-hydrogen) atoms. The van der Waals surface area contributed by atoms with Gasteiger partial charge in [-0.3, -0.25) is 4.40 Å². The van der Waals surface area contributed by atoms with E-state index in [0.717, 1.165) is 34.4 Å². The van der Waals surface area contributed by atoms with Crippen LogP contribution in [0.4, 0.5) is 0 Å². The van der Waals surface area contributed by atoms with Gasteiger partial charge in [0.15, 0.2) is 10.8 Å². The lowest BCUT2D eigenvalue weighted by Crippen LogP contribution is -2.26. The van der Waals surface area contributed by atoms with Crippen molar-refractivity contribution in [1.29, 1.82) is 0 Å². The minimum Gasteiger partial charge on any atom is -0.419 e. The molecule has 8 heteroatoms. The summed E-state index contributed by atoms with van der Waals surface area (Å²) in [4.78, 5) is 2.56.